The lowest BCUT2D eigenvalue weighted by Crippen LogP contribution is -2.43. The minimum atomic E-state index is -4.49. The van der Waals surface area contributed by atoms with Crippen molar-refractivity contribution in [3.05, 3.63) is 52.4 Å². The van der Waals surface area contributed by atoms with Crippen molar-refractivity contribution in [1.29, 1.82) is 0 Å². The zero-order valence-electron chi connectivity index (χ0n) is 14.6. The predicted octanol–water partition coefficient (Wildman–Crippen LogP) is 2.84. The summed E-state index contributed by atoms with van der Waals surface area (Å²) in [6.45, 7) is 3.41. The number of aromatic amines is 1. The van der Waals surface area contributed by atoms with Crippen LogP contribution in [0.15, 0.2) is 41.3 Å². The van der Waals surface area contributed by atoms with Gasteiger partial charge in [0.1, 0.15) is 5.69 Å². The fourth-order valence-corrected chi connectivity index (χ4v) is 3.10. The van der Waals surface area contributed by atoms with Crippen molar-refractivity contribution in [2.45, 2.75) is 6.18 Å². The third-order valence-corrected chi connectivity index (χ3v) is 4.50. The number of rotatable bonds is 2. The molecule has 1 saturated heterocycles. The van der Waals surface area contributed by atoms with E-state index in [-0.39, 0.29) is 23.9 Å². The van der Waals surface area contributed by atoms with Gasteiger partial charge in [-0.1, -0.05) is 0 Å². The van der Waals surface area contributed by atoms with Crippen LogP contribution in [-0.2, 0) is 6.18 Å². The summed E-state index contributed by atoms with van der Waals surface area (Å²) >= 11 is 0. The van der Waals surface area contributed by atoms with Gasteiger partial charge in [0.2, 0.25) is 0 Å². The highest BCUT2D eigenvalue weighted by molar-refractivity contribution is 5.85. The Hall–Kier alpha value is -2.65. The van der Waals surface area contributed by atoms with E-state index in [4.69, 9.17) is 0 Å². The summed E-state index contributed by atoms with van der Waals surface area (Å²) in [6.07, 6.45) is -3.44. The molecule has 0 saturated carbocycles. The Labute approximate surface area is 164 Å². The monoisotopic (exact) mass is 411 g/mol. The number of fused-ring (bicyclic) bond motifs is 1. The van der Waals surface area contributed by atoms with Crippen molar-refractivity contribution in [3.8, 4) is 11.5 Å². The summed E-state index contributed by atoms with van der Waals surface area (Å²) < 4.78 is 38.7. The van der Waals surface area contributed by atoms with Gasteiger partial charge < -0.3 is 15.2 Å². The smallest absolute Gasteiger partial charge is 0.369 e. The third-order valence-electron chi connectivity index (χ3n) is 4.50. The van der Waals surface area contributed by atoms with Crippen LogP contribution in [-0.4, -0.2) is 41.1 Å². The van der Waals surface area contributed by atoms with Crippen LogP contribution in [0.25, 0.3) is 22.4 Å². The van der Waals surface area contributed by atoms with Gasteiger partial charge in [-0.25, -0.2) is 4.98 Å². The maximum atomic E-state index is 12.9. The first kappa shape index (κ1) is 20.1. The Kier molecular flexibility index (Phi) is 5.57. The van der Waals surface area contributed by atoms with Crippen molar-refractivity contribution >= 4 is 29.0 Å². The molecular formula is C18H17ClF3N5O. The van der Waals surface area contributed by atoms with E-state index < -0.39 is 17.3 Å². The average molecular weight is 412 g/mol. The molecule has 0 spiro atoms. The quantitative estimate of drug-likeness (QED) is 0.678. The van der Waals surface area contributed by atoms with E-state index in [2.05, 4.69) is 25.2 Å². The van der Waals surface area contributed by atoms with Crippen LogP contribution in [0.4, 0.5) is 18.9 Å². The van der Waals surface area contributed by atoms with E-state index >= 15 is 0 Å². The van der Waals surface area contributed by atoms with Gasteiger partial charge in [-0.15, -0.1) is 12.4 Å². The largest absolute Gasteiger partial charge is 0.416 e. The number of hydrogen-bond donors (Lipinski definition) is 2. The number of nitrogens with zero attached hydrogens (tertiary/aromatic N) is 3. The van der Waals surface area contributed by atoms with E-state index in [1.165, 1.54) is 0 Å². The topological polar surface area (TPSA) is 73.9 Å². The van der Waals surface area contributed by atoms with Gasteiger partial charge in [0, 0.05) is 38.1 Å². The van der Waals surface area contributed by atoms with Crippen LogP contribution in [0.1, 0.15) is 5.56 Å². The molecule has 2 N–H and O–H groups in total. The maximum absolute atomic E-state index is 12.9. The van der Waals surface area contributed by atoms with E-state index in [1.807, 2.05) is 6.07 Å². The number of alkyl halides is 3. The first-order valence-corrected chi connectivity index (χ1v) is 8.45. The van der Waals surface area contributed by atoms with Crippen LogP contribution in [0, 0.1) is 0 Å². The Morgan fingerprint density at radius 1 is 1.07 bits per heavy atom. The Morgan fingerprint density at radius 2 is 1.82 bits per heavy atom. The van der Waals surface area contributed by atoms with Crippen LogP contribution in [0.3, 0.4) is 0 Å². The molecule has 0 amide bonds. The second-order valence-corrected chi connectivity index (χ2v) is 6.28. The van der Waals surface area contributed by atoms with E-state index in [0.717, 1.165) is 50.2 Å². The summed E-state index contributed by atoms with van der Waals surface area (Å²) in [4.78, 5) is 25.4. The summed E-state index contributed by atoms with van der Waals surface area (Å²) in [6, 6.07) is 7.08. The molecule has 1 aliphatic heterocycles. The number of H-pyrrole nitrogens is 1. The summed E-state index contributed by atoms with van der Waals surface area (Å²) in [5.74, 6) is 0.00789. The van der Waals surface area contributed by atoms with E-state index in [9.17, 15) is 18.0 Å². The molecule has 6 nitrogen and oxygen atoms in total. The van der Waals surface area contributed by atoms with Crippen molar-refractivity contribution < 1.29 is 13.2 Å². The molecule has 0 bridgehead atoms. The van der Waals surface area contributed by atoms with Crippen molar-refractivity contribution in [1.82, 2.24) is 20.3 Å². The molecule has 1 fully saturated rings. The van der Waals surface area contributed by atoms with Crippen LogP contribution < -0.4 is 15.8 Å². The number of piperazine rings is 1. The zero-order valence-corrected chi connectivity index (χ0v) is 15.4. The van der Waals surface area contributed by atoms with Gasteiger partial charge in [-0.05, 0) is 30.3 Å². The van der Waals surface area contributed by atoms with Crippen molar-refractivity contribution in [2.24, 2.45) is 0 Å². The first-order chi connectivity index (χ1) is 12.9. The summed E-state index contributed by atoms with van der Waals surface area (Å²) in [5.41, 5.74) is 0.0404. The third kappa shape index (κ3) is 3.95. The summed E-state index contributed by atoms with van der Waals surface area (Å²) in [5, 5.41) is 3.66. The molecule has 148 valence electrons. The Morgan fingerprint density at radius 3 is 2.54 bits per heavy atom. The predicted molar refractivity (Wildman–Crippen MR) is 103 cm³/mol. The normalized spacial score (nSPS) is 14.8. The molecular weight excluding hydrogens is 395 g/mol. The number of anilines is 1. The molecule has 2 aromatic heterocycles. The highest BCUT2D eigenvalue weighted by Gasteiger charge is 2.31. The fraction of sp³-hybridized carbons (Fsp3) is 0.278. The molecule has 0 radical (unpaired) electrons. The number of pyridine rings is 1. The fourth-order valence-electron chi connectivity index (χ4n) is 3.10. The molecule has 28 heavy (non-hydrogen) atoms. The molecule has 0 atom stereocenters. The number of nitrogens with one attached hydrogen (secondary N) is 2. The molecule has 3 heterocycles. The number of hydrogen-bond acceptors (Lipinski definition) is 5. The van der Waals surface area contributed by atoms with Gasteiger partial charge in [0.15, 0.2) is 5.82 Å². The lowest BCUT2D eigenvalue weighted by atomic mass is 10.1. The molecule has 0 aliphatic carbocycles. The minimum absolute atomic E-state index is 0. The molecule has 3 aromatic rings. The van der Waals surface area contributed by atoms with Crippen molar-refractivity contribution in [3.63, 3.8) is 0 Å². The molecule has 1 aliphatic rings. The van der Waals surface area contributed by atoms with Crippen LogP contribution in [0.5, 0.6) is 0 Å². The van der Waals surface area contributed by atoms with E-state index in [0.29, 0.717) is 10.9 Å². The van der Waals surface area contributed by atoms with Gasteiger partial charge in [-0.3, -0.25) is 9.78 Å². The average Bonchev–Trinajstić information content (AvgIpc) is 2.68. The van der Waals surface area contributed by atoms with Gasteiger partial charge in [0.05, 0.1) is 16.5 Å². The van der Waals surface area contributed by atoms with Crippen LogP contribution >= 0.6 is 12.4 Å². The van der Waals surface area contributed by atoms with E-state index in [1.54, 1.807) is 12.1 Å². The second kappa shape index (κ2) is 7.76. The zero-order chi connectivity index (χ0) is 19.0. The number of halogens is 4. The van der Waals surface area contributed by atoms with Gasteiger partial charge in [-0.2, -0.15) is 13.2 Å². The standard InChI is InChI=1S/C18H16F3N5O.ClH/c19-18(20,21)11-3-4-23-15(9-11)16-24-14-2-1-12(10-13(14)17(27)25-16)26-7-5-22-6-8-26;/h1-4,9-10,22H,5-8H2,(H,24,25,27);1H. The Balaban J connectivity index is 0.00000225. The first-order valence-electron chi connectivity index (χ1n) is 8.45. The number of benzene rings is 1. The highest BCUT2D eigenvalue weighted by atomic mass is 35.5. The molecule has 0 unspecified atom stereocenters. The lowest BCUT2D eigenvalue weighted by molar-refractivity contribution is -0.137. The van der Waals surface area contributed by atoms with Gasteiger partial charge >= 0.3 is 6.18 Å². The highest BCUT2D eigenvalue weighted by Crippen LogP contribution is 2.30. The number of aromatic nitrogens is 3. The summed E-state index contributed by atoms with van der Waals surface area (Å²) in [7, 11) is 0. The minimum Gasteiger partial charge on any atom is -0.369 e. The SMILES string of the molecule is Cl.O=c1[nH]c(-c2cc(C(F)(F)F)ccn2)nc2ccc(N3CCNCC3)cc12. The molecule has 4 rings (SSSR count). The Bertz CT molecular complexity index is 1050. The van der Waals surface area contributed by atoms with Crippen molar-refractivity contribution in [2.75, 3.05) is 31.1 Å². The second-order valence-electron chi connectivity index (χ2n) is 6.28. The van der Waals surface area contributed by atoms with Gasteiger partial charge in [0.25, 0.3) is 5.56 Å². The van der Waals surface area contributed by atoms with Crippen LogP contribution in [0.2, 0.25) is 0 Å². The maximum Gasteiger partial charge on any atom is 0.416 e. The lowest BCUT2D eigenvalue weighted by Gasteiger charge is -2.29. The molecule has 1 aromatic carbocycles. The molecule has 10 heteroatoms.